The Morgan fingerprint density at radius 3 is 1.93 bits per heavy atom. The summed E-state index contributed by atoms with van der Waals surface area (Å²) in [6.07, 6.45) is 21.6. The Hall–Kier alpha value is -1.69. The van der Waals surface area contributed by atoms with E-state index >= 15 is 0 Å². The van der Waals surface area contributed by atoms with Crippen molar-refractivity contribution in [3.63, 3.8) is 0 Å². The molecule has 0 unspecified atom stereocenters. The number of nitrogens with zero attached hydrogens (tertiary/aromatic N) is 1. The first-order chi connectivity index (χ1) is 14.7. The molecule has 0 N–H and O–H groups in total. The maximum absolute atomic E-state index is 13.5. The van der Waals surface area contributed by atoms with Crippen LogP contribution in [0.3, 0.4) is 0 Å². The van der Waals surface area contributed by atoms with E-state index in [4.69, 9.17) is 5.26 Å². The van der Waals surface area contributed by atoms with Gasteiger partial charge in [-0.1, -0.05) is 63.5 Å². The van der Waals surface area contributed by atoms with Gasteiger partial charge in [-0.25, -0.2) is 8.78 Å². The molecule has 0 atom stereocenters. The Morgan fingerprint density at radius 2 is 1.37 bits per heavy atom. The minimum absolute atomic E-state index is 0.405. The fourth-order valence-electron chi connectivity index (χ4n) is 5.69. The van der Waals surface area contributed by atoms with Crippen molar-refractivity contribution in [2.45, 2.75) is 95.8 Å². The van der Waals surface area contributed by atoms with Crippen LogP contribution >= 0.6 is 0 Å². The second-order valence-electron chi connectivity index (χ2n) is 9.67. The van der Waals surface area contributed by atoms with Gasteiger partial charge in [-0.15, -0.1) is 0 Å². The van der Waals surface area contributed by atoms with Gasteiger partial charge in [0.15, 0.2) is 11.6 Å². The number of unbranched alkanes of at least 4 members (excludes halogenated alkanes) is 1. The highest BCUT2D eigenvalue weighted by Gasteiger charge is 2.24. The molecule has 0 amide bonds. The summed E-state index contributed by atoms with van der Waals surface area (Å²) < 4.78 is 26.6. The third kappa shape index (κ3) is 7.22. The Balaban J connectivity index is 1.24. The molecule has 0 saturated heterocycles. The molecule has 2 saturated carbocycles. The summed E-state index contributed by atoms with van der Waals surface area (Å²) in [5.74, 6) is 1.58. The van der Waals surface area contributed by atoms with Gasteiger partial charge in [0.2, 0.25) is 0 Å². The smallest absolute Gasteiger partial charge is 0.159 e. The van der Waals surface area contributed by atoms with Crippen molar-refractivity contribution in [3.05, 3.63) is 47.5 Å². The van der Waals surface area contributed by atoms with E-state index in [-0.39, 0.29) is 0 Å². The van der Waals surface area contributed by atoms with E-state index in [1.54, 1.807) is 12.1 Å². The lowest BCUT2D eigenvalue weighted by Gasteiger charge is -2.30. The molecule has 0 spiro atoms. The first-order valence-corrected chi connectivity index (χ1v) is 12.1. The highest BCUT2D eigenvalue weighted by atomic mass is 19.2. The van der Waals surface area contributed by atoms with Gasteiger partial charge >= 0.3 is 0 Å². The summed E-state index contributed by atoms with van der Waals surface area (Å²) >= 11 is 0. The van der Waals surface area contributed by atoms with Gasteiger partial charge in [-0.2, -0.15) is 5.26 Å². The number of halogens is 2. The fraction of sp³-hybridized carbons (Fsp3) is 0.667. The average molecular weight is 414 g/mol. The monoisotopic (exact) mass is 413 g/mol. The van der Waals surface area contributed by atoms with Crippen LogP contribution < -0.4 is 0 Å². The van der Waals surface area contributed by atoms with Crippen molar-refractivity contribution in [3.8, 4) is 6.07 Å². The number of rotatable bonds is 9. The van der Waals surface area contributed by atoms with E-state index in [1.807, 2.05) is 6.08 Å². The normalized spacial score (nSPS) is 27.2. The number of benzene rings is 1. The van der Waals surface area contributed by atoms with Crippen LogP contribution in [-0.4, -0.2) is 0 Å². The quantitative estimate of drug-likeness (QED) is 0.294. The van der Waals surface area contributed by atoms with Gasteiger partial charge in [0, 0.05) is 6.08 Å². The summed E-state index contributed by atoms with van der Waals surface area (Å²) in [6.45, 7) is 0. The lowest BCUT2D eigenvalue weighted by Crippen LogP contribution is -2.15. The lowest BCUT2D eigenvalue weighted by atomic mass is 9.76. The van der Waals surface area contributed by atoms with Gasteiger partial charge < -0.3 is 0 Å². The third-order valence-corrected chi connectivity index (χ3v) is 7.64. The molecule has 0 heterocycles. The van der Waals surface area contributed by atoms with Crippen LogP contribution in [0.5, 0.6) is 0 Å². The van der Waals surface area contributed by atoms with Crippen LogP contribution in [0.2, 0.25) is 0 Å². The van der Waals surface area contributed by atoms with Crippen molar-refractivity contribution in [1.82, 2.24) is 0 Å². The van der Waals surface area contributed by atoms with E-state index in [1.165, 1.54) is 82.8 Å². The molecular weight excluding hydrogens is 376 g/mol. The zero-order valence-corrected chi connectivity index (χ0v) is 18.3. The summed E-state index contributed by atoms with van der Waals surface area (Å²) in [6, 6.07) is 6.51. The molecule has 30 heavy (non-hydrogen) atoms. The minimum atomic E-state index is -0.742. The Bertz CT molecular complexity index is 704. The predicted octanol–water partition coefficient (Wildman–Crippen LogP) is 8.47. The molecule has 0 aromatic heterocycles. The minimum Gasteiger partial charge on any atom is -0.204 e. The second kappa shape index (κ2) is 12.2. The molecule has 1 nitrogen and oxygen atoms in total. The first-order valence-electron chi connectivity index (χ1n) is 12.1. The summed E-state index contributed by atoms with van der Waals surface area (Å²) in [7, 11) is 0. The molecular formula is C27H37F2N. The molecule has 0 aliphatic heterocycles. The van der Waals surface area contributed by atoms with Crippen LogP contribution in [0.1, 0.15) is 101 Å². The molecule has 2 aliphatic rings. The zero-order chi connectivity index (χ0) is 21.2. The van der Waals surface area contributed by atoms with Crippen LogP contribution in [0.4, 0.5) is 8.78 Å². The molecule has 0 bridgehead atoms. The maximum atomic E-state index is 13.5. The van der Waals surface area contributed by atoms with E-state index in [2.05, 4.69) is 6.07 Å². The maximum Gasteiger partial charge on any atom is 0.159 e. The summed E-state index contributed by atoms with van der Waals surface area (Å²) in [5, 5.41) is 8.54. The van der Waals surface area contributed by atoms with E-state index in [9.17, 15) is 8.78 Å². The van der Waals surface area contributed by atoms with Crippen molar-refractivity contribution in [2.24, 2.45) is 17.8 Å². The number of allylic oxidation sites excluding steroid dienone is 2. The first kappa shape index (κ1) is 23.0. The largest absolute Gasteiger partial charge is 0.204 e. The highest BCUT2D eigenvalue weighted by molar-refractivity contribution is 5.22. The molecule has 3 heteroatoms. The number of hydrogen-bond acceptors (Lipinski definition) is 1. The van der Waals surface area contributed by atoms with Crippen LogP contribution in [0.25, 0.3) is 0 Å². The third-order valence-electron chi connectivity index (χ3n) is 7.64. The molecule has 3 rings (SSSR count). The molecule has 1 aromatic rings. The van der Waals surface area contributed by atoms with Crippen LogP contribution in [0.15, 0.2) is 30.4 Å². The number of nitriles is 1. The predicted molar refractivity (Wildman–Crippen MR) is 119 cm³/mol. The van der Waals surface area contributed by atoms with Gasteiger partial charge in [0.05, 0.1) is 6.07 Å². The van der Waals surface area contributed by atoms with Gasteiger partial charge in [-0.3, -0.25) is 0 Å². The Kier molecular flexibility index (Phi) is 9.37. The fourth-order valence-corrected chi connectivity index (χ4v) is 5.69. The van der Waals surface area contributed by atoms with E-state index in [0.29, 0.717) is 5.92 Å². The summed E-state index contributed by atoms with van der Waals surface area (Å²) in [4.78, 5) is 0. The average Bonchev–Trinajstić information content (AvgIpc) is 2.77. The highest BCUT2D eigenvalue weighted by Crippen LogP contribution is 2.39. The van der Waals surface area contributed by atoms with Crippen LogP contribution in [0, 0.1) is 40.7 Å². The molecule has 1 aromatic carbocycles. The van der Waals surface area contributed by atoms with Crippen molar-refractivity contribution in [1.29, 1.82) is 5.26 Å². The number of hydrogen-bond donors (Lipinski definition) is 0. The van der Waals surface area contributed by atoms with E-state index in [0.717, 1.165) is 42.6 Å². The lowest BCUT2D eigenvalue weighted by molar-refractivity contribution is 0.244. The summed E-state index contributed by atoms with van der Waals surface area (Å²) in [5.41, 5.74) is 0.976. The van der Waals surface area contributed by atoms with Crippen molar-refractivity contribution >= 4 is 0 Å². The Morgan fingerprint density at radius 1 is 0.800 bits per heavy atom. The van der Waals surface area contributed by atoms with Gasteiger partial charge in [-0.05, 0) is 79.9 Å². The standard InChI is InChI=1S/C27H37F2N/c28-26-18-17-25(20-27(26)29)24-15-13-23(14-16-24)8-4-3-7-22-11-9-21(10-12-22)6-2-1-5-19-30/h1,5,17-18,20-24H,2-4,6-16H2/b5-1+/t21-,22-,23-,24-. The van der Waals surface area contributed by atoms with E-state index < -0.39 is 11.6 Å². The van der Waals surface area contributed by atoms with Crippen molar-refractivity contribution < 1.29 is 8.78 Å². The molecule has 2 aliphatic carbocycles. The zero-order valence-electron chi connectivity index (χ0n) is 18.3. The second-order valence-corrected chi connectivity index (χ2v) is 9.67. The molecule has 0 radical (unpaired) electrons. The SMILES string of the molecule is N#C/C=C/CC[C@H]1CC[C@H](CCCC[C@H]2CC[C@H](c3ccc(F)c(F)c3)CC2)CC1. The van der Waals surface area contributed by atoms with Crippen LogP contribution in [-0.2, 0) is 0 Å². The van der Waals surface area contributed by atoms with Crippen molar-refractivity contribution in [2.75, 3.05) is 0 Å². The van der Waals surface area contributed by atoms with Gasteiger partial charge in [0.1, 0.15) is 0 Å². The molecule has 164 valence electrons. The topological polar surface area (TPSA) is 23.8 Å². The van der Waals surface area contributed by atoms with Gasteiger partial charge in [0.25, 0.3) is 0 Å². The Labute approximate surface area is 181 Å². The molecule has 2 fully saturated rings.